The Morgan fingerprint density at radius 1 is 1.18 bits per heavy atom. The Morgan fingerprint density at radius 2 is 1.93 bits per heavy atom. The van der Waals surface area contributed by atoms with Crippen LogP contribution in [-0.4, -0.2) is 59.1 Å². The van der Waals surface area contributed by atoms with Crippen molar-refractivity contribution in [2.45, 2.75) is 141 Å². The van der Waals surface area contributed by atoms with Crippen LogP contribution in [0, 0.1) is 35.0 Å². The molecule has 13 atom stereocenters. The molecule has 4 saturated heterocycles. The zero-order chi connectivity index (χ0) is 28.6. The number of hydrogen-bond acceptors (Lipinski definition) is 8. The molecule has 2 saturated carbocycles. The third kappa shape index (κ3) is 3.39. The Hall–Kier alpha value is -1.48. The van der Waals surface area contributed by atoms with Crippen LogP contribution in [0.15, 0.2) is 11.6 Å². The van der Waals surface area contributed by atoms with Gasteiger partial charge in [-0.05, 0) is 57.4 Å². The van der Waals surface area contributed by atoms with Crippen LogP contribution in [0.5, 0.6) is 0 Å². The molecule has 0 aromatic heterocycles. The van der Waals surface area contributed by atoms with Crippen molar-refractivity contribution in [2.24, 2.45) is 35.0 Å². The number of hydrogen-bond donors (Lipinski definition) is 0. The average molecular weight is 559 g/mol. The standard InChI is InChI=1S/C32H46O8/c1-9-32-37-22(15-29(7,40-32)28(5,6)39-32)16(2)20-10-11-21-25-19(14-23(30(20,21)8)35-18(4)33)17(3)31(27-26(25)36-27)13-12-24(34)38-31/h14,16-17,20-23,25-27H,9-13,15H2,1-8H3/t16-,17-,20-,21+,22+,23-,25-,26-,27-,29+,30-,31+,32-/m0/s1. The number of fused-ring (bicyclic) bond motifs is 8. The van der Waals surface area contributed by atoms with Crippen LogP contribution in [0.3, 0.4) is 0 Å². The summed E-state index contributed by atoms with van der Waals surface area (Å²) in [6.45, 7) is 16.7. The second kappa shape index (κ2) is 8.33. The normalized spacial score (nSPS) is 54.2. The van der Waals surface area contributed by atoms with Crippen molar-refractivity contribution in [3.8, 4) is 0 Å². The molecule has 2 bridgehead atoms. The Morgan fingerprint density at radius 3 is 2.58 bits per heavy atom. The van der Waals surface area contributed by atoms with E-state index in [1.807, 2.05) is 0 Å². The highest BCUT2D eigenvalue weighted by molar-refractivity contribution is 5.73. The average Bonchev–Trinajstić information content (AvgIpc) is 3.42. The van der Waals surface area contributed by atoms with Gasteiger partial charge in [0.15, 0.2) is 0 Å². The number of ether oxygens (including phenoxy) is 6. The second-order valence-electron chi connectivity index (χ2n) is 14.8. The fourth-order valence-corrected chi connectivity index (χ4v) is 10.2. The Bertz CT molecular complexity index is 1160. The molecule has 7 aliphatic rings. The Kier molecular flexibility index (Phi) is 5.70. The molecule has 222 valence electrons. The lowest BCUT2D eigenvalue weighted by atomic mass is 9.52. The Labute approximate surface area is 237 Å². The third-order valence-corrected chi connectivity index (χ3v) is 12.7. The molecular weight excluding hydrogens is 512 g/mol. The largest absolute Gasteiger partial charge is 0.458 e. The molecule has 0 amide bonds. The van der Waals surface area contributed by atoms with Gasteiger partial charge in [-0.25, -0.2) is 0 Å². The quantitative estimate of drug-likeness (QED) is 0.268. The van der Waals surface area contributed by atoms with Crippen molar-refractivity contribution in [3.05, 3.63) is 11.6 Å². The van der Waals surface area contributed by atoms with Crippen LogP contribution in [0.2, 0.25) is 0 Å². The van der Waals surface area contributed by atoms with E-state index in [1.54, 1.807) is 0 Å². The summed E-state index contributed by atoms with van der Waals surface area (Å²) in [5, 5.41) is 0. The van der Waals surface area contributed by atoms with Crippen LogP contribution in [0.1, 0.15) is 93.9 Å². The van der Waals surface area contributed by atoms with Gasteiger partial charge in [-0.2, -0.15) is 0 Å². The van der Waals surface area contributed by atoms with Gasteiger partial charge < -0.3 is 28.4 Å². The number of carbonyl (C=O) groups excluding carboxylic acids is 2. The number of epoxide rings is 1. The van der Waals surface area contributed by atoms with Crippen molar-refractivity contribution in [2.75, 3.05) is 0 Å². The van der Waals surface area contributed by atoms with Gasteiger partial charge in [0.05, 0.1) is 17.8 Å². The zero-order valence-electron chi connectivity index (χ0n) is 25.3. The predicted molar refractivity (Wildman–Crippen MR) is 144 cm³/mol. The van der Waals surface area contributed by atoms with E-state index in [0.29, 0.717) is 25.2 Å². The molecule has 4 aliphatic heterocycles. The van der Waals surface area contributed by atoms with Gasteiger partial charge in [0, 0.05) is 49.9 Å². The predicted octanol–water partition coefficient (Wildman–Crippen LogP) is 5.07. The minimum absolute atomic E-state index is 0.0324. The van der Waals surface area contributed by atoms with Gasteiger partial charge in [-0.15, -0.1) is 0 Å². The van der Waals surface area contributed by atoms with E-state index in [0.717, 1.165) is 19.3 Å². The van der Waals surface area contributed by atoms with Gasteiger partial charge in [0.25, 0.3) is 5.97 Å². The highest BCUT2D eigenvalue weighted by Gasteiger charge is 2.74. The van der Waals surface area contributed by atoms with E-state index in [4.69, 9.17) is 28.4 Å². The number of esters is 2. The first-order valence-electron chi connectivity index (χ1n) is 15.5. The number of rotatable bonds is 4. The molecule has 0 unspecified atom stereocenters. The molecule has 6 fully saturated rings. The van der Waals surface area contributed by atoms with Crippen molar-refractivity contribution in [1.29, 1.82) is 0 Å². The molecule has 0 aromatic rings. The van der Waals surface area contributed by atoms with Crippen LogP contribution < -0.4 is 0 Å². The first-order chi connectivity index (χ1) is 18.7. The Balaban J connectivity index is 1.24. The van der Waals surface area contributed by atoms with Crippen LogP contribution >= 0.6 is 0 Å². The maximum Gasteiger partial charge on any atom is 0.306 e. The summed E-state index contributed by atoms with van der Waals surface area (Å²) >= 11 is 0. The first kappa shape index (κ1) is 27.4. The van der Waals surface area contributed by atoms with Crippen LogP contribution in [0.4, 0.5) is 0 Å². The molecule has 0 radical (unpaired) electrons. The monoisotopic (exact) mass is 558 g/mol. The fraction of sp³-hybridized carbons (Fsp3) is 0.875. The smallest absolute Gasteiger partial charge is 0.306 e. The lowest BCUT2D eigenvalue weighted by Gasteiger charge is -2.54. The molecule has 8 nitrogen and oxygen atoms in total. The minimum atomic E-state index is -1.02. The van der Waals surface area contributed by atoms with E-state index < -0.39 is 22.8 Å². The van der Waals surface area contributed by atoms with Gasteiger partial charge in [-0.3, -0.25) is 9.59 Å². The summed E-state index contributed by atoms with van der Waals surface area (Å²) in [5.41, 5.74) is -0.518. The lowest BCUT2D eigenvalue weighted by Crippen LogP contribution is -2.58. The molecule has 8 heteroatoms. The molecule has 40 heavy (non-hydrogen) atoms. The molecule has 0 aromatic carbocycles. The summed E-state index contributed by atoms with van der Waals surface area (Å²) in [5.74, 6) is -0.372. The molecule has 3 aliphatic carbocycles. The highest BCUT2D eigenvalue weighted by atomic mass is 16.9. The minimum Gasteiger partial charge on any atom is -0.458 e. The summed E-state index contributed by atoms with van der Waals surface area (Å²) in [7, 11) is 0. The van der Waals surface area contributed by atoms with Gasteiger partial charge in [0.2, 0.25) is 0 Å². The fourth-order valence-electron chi connectivity index (χ4n) is 10.2. The van der Waals surface area contributed by atoms with Crippen LogP contribution in [0.25, 0.3) is 0 Å². The molecular formula is C32H46O8. The second-order valence-corrected chi connectivity index (χ2v) is 14.8. The van der Waals surface area contributed by atoms with E-state index in [-0.39, 0.29) is 65.4 Å². The maximum absolute atomic E-state index is 12.5. The van der Waals surface area contributed by atoms with E-state index >= 15 is 0 Å². The topological polar surface area (TPSA) is 92.8 Å². The van der Waals surface area contributed by atoms with Crippen molar-refractivity contribution >= 4 is 11.9 Å². The van der Waals surface area contributed by atoms with E-state index in [9.17, 15) is 9.59 Å². The summed E-state index contributed by atoms with van der Waals surface area (Å²) in [6, 6.07) is 0. The van der Waals surface area contributed by atoms with Crippen molar-refractivity contribution in [3.63, 3.8) is 0 Å². The van der Waals surface area contributed by atoms with Crippen molar-refractivity contribution in [1.82, 2.24) is 0 Å². The molecule has 7 rings (SSSR count). The first-order valence-corrected chi connectivity index (χ1v) is 15.5. The third-order valence-electron chi connectivity index (χ3n) is 12.7. The zero-order valence-corrected chi connectivity index (χ0v) is 25.3. The maximum atomic E-state index is 12.5. The van der Waals surface area contributed by atoms with Gasteiger partial charge >= 0.3 is 11.9 Å². The van der Waals surface area contributed by atoms with Gasteiger partial charge in [0.1, 0.15) is 23.4 Å². The molecule has 0 N–H and O–H groups in total. The summed E-state index contributed by atoms with van der Waals surface area (Å²) in [4.78, 5) is 24.8. The summed E-state index contributed by atoms with van der Waals surface area (Å²) in [6.07, 6.45) is 6.40. The lowest BCUT2D eigenvalue weighted by molar-refractivity contribution is -0.396. The SMILES string of the molecule is CC[C@@]12O[C@@H]([C@@H](C)[C@@H]3CC[C@@H]4[C@@H]5C(=C[C@H](OC(C)=O)[C@]43C)[C@H](C)[C@]3(CCC(=O)O3)[C@H]3O[C@@H]53)C[C@@](C)(O1)C(C)(C)O2. The van der Waals surface area contributed by atoms with Crippen molar-refractivity contribution < 1.29 is 38.0 Å². The van der Waals surface area contributed by atoms with E-state index in [1.165, 1.54) is 12.5 Å². The summed E-state index contributed by atoms with van der Waals surface area (Å²) < 4.78 is 38.2. The van der Waals surface area contributed by atoms with E-state index in [2.05, 4.69) is 54.5 Å². The highest BCUT2D eigenvalue weighted by Crippen LogP contribution is 2.69. The van der Waals surface area contributed by atoms with Gasteiger partial charge in [-0.1, -0.05) is 33.3 Å². The molecule has 1 spiro atoms. The number of carbonyl (C=O) groups is 2. The van der Waals surface area contributed by atoms with Crippen LogP contribution in [-0.2, 0) is 38.0 Å². The molecule has 4 heterocycles.